The molecule has 10 aromatic carbocycles. The van der Waals surface area contributed by atoms with E-state index in [0.717, 1.165) is 50.4 Å². The first-order valence-electron chi connectivity index (χ1n) is 19.9. The molecule has 0 aromatic heterocycles. The van der Waals surface area contributed by atoms with Gasteiger partial charge < -0.3 is 15.0 Å². The standard InChI is InChI=1S/C55H38N2O/c1-3-13-37(14-4-1)42-20-11-21-47(35-42)57(46-29-27-40(28-30-46)51-36-45(38-15-5-2-6-16-38)34-43-19-9-10-22-48(43)51)53-24-12-23-50-49(53)31-32-52-54(50)58-55(56-52)44-26-25-39-17-7-8-18-41(39)33-44/h1-36,55-56H. The van der Waals surface area contributed by atoms with Gasteiger partial charge in [0.2, 0.25) is 0 Å². The highest BCUT2D eigenvalue weighted by molar-refractivity contribution is 6.05. The topological polar surface area (TPSA) is 24.5 Å². The molecule has 1 aliphatic heterocycles. The lowest BCUT2D eigenvalue weighted by Gasteiger charge is -2.28. The summed E-state index contributed by atoms with van der Waals surface area (Å²) in [5.41, 5.74) is 12.5. The summed E-state index contributed by atoms with van der Waals surface area (Å²) in [6.07, 6.45) is -0.281. The monoisotopic (exact) mass is 742 g/mol. The van der Waals surface area contributed by atoms with E-state index in [-0.39, 0.29) is 6.23 Å². The molecule has 0 aliphatic carbocycles. The summed E-state index contributed by atoms with van der Waals surface area (Å²) in [6.45, 7) is 0. The van der Waals surface area contributed by atoms with Crippen LogP contribution in [0, 0.1) is 0 Å². The summed E-state index contributed by atoms with van der Waals surface area (Å²) in [4.78, 5) is 2.38. The molecule has 11 rings (SSSR count). The highest BCUT2D eigenvalue weighted by Gasteiger charge is 2.27. The lowest BCUT2D eigenvalue weighted by Crippen LogP contribution is -2.10. The van der Waals surface area contributed by atoms with Crippen LogP contribution in [-0.4, -0.2) is 0 Å². The van der Waals surface area contributed by atoms with Gasteiger partial charge in [-0.2, -0.15) is 0 Å². The molecule has 1 unspecified atom stereocenters. The Labute approximate surface area is 338 Å². The van der Waals surface area contributed by atoms with Gasteiger partial charge in [0, 0.05) is 27.7 Å². The summed E-state index contributed by atoms with van der Waals surface area (Å²) >= 11 is 0. The molecule has 1 atom stereocenters. The third-order valence-electron chi connectivity index (χ3n) is 11.4. The Morgan fingerprint density at radius 1 is 0.379 bits per heavy atom. The van der Waals surface area contributed by atoms with Gasteiger partial charge in [0.25, 0.3) is 0 Å². The fraction of sp³-hybridized carbons (Fsp3) is 0.0182. The average Bonchev–Trinajstić information content (AvgIpc) is 3.75. The molecule has 10 aromatic rings. The van der Waals surface area contributed by atoms with Gasteiger partial charge in [-0.1, -0.05) is 158 Å². The number of rotatable bonds is 7. The number of hydrogen-bond acceptors (Lipinski definition) is 3. The van der Waals surface area contributed by atoms with Crippen molar-refractivity contribution >= 4 is 55.1 Å². The van der Waals surface area contributed by atoms with Gasteiger partial charge in [0.1, 0.15) is 0 Å². The van der Waals surface area contributed by atoms with E-state index in [4.69, 9.17) is 4.74 Å². The quantitative estimate of drug-likeness (QED) is 0.176. The van der Waals surface area contributed by atoms with Gasteiger partial charge in [0.05, 0.1) is 11.4 Å². The maximum absolute atomic E-state index is 6.79. The molecule has 0 saturated carbocycles. The second-order valence-corrected chi connectivity index (χ2v) is 15.0. The smallest absolute Gasteiger partial charge is 0.196 e. The van der Waals surface area contributed by atoms with Crippen LogP contribution in [-0.2, 0) is 0 Å². The fourth-order valence-corrected chi connectivity index (χ4v) is 8.58. The molecule has 1 heterocycles. The van der Waals surface area contributed by atoms with Gasteiger partial charge in [-0.3, -0.25) is 0 Å². The highest BCUT2D eigenvalue weighted by Crippen LogP contribution is 2.48. The number of anilines is 4. The highest BCUT2D eigenvalue weighted by atomic mass is 16.5. The molecule has 3 nitrogen and oxygen atoms in total. The molecular formula is C55H38N2O. The largest absolute Gasteiger partial charge is 0.464 e. The molecule has 0 amide bonds. The number of hydrogen-bond donors (Lipinski definition) is 1. The van der Waals surface area contributed by atoms with E-state index >= 15 is 0 Å². The SMILES string of the molecule is c1ccc(-c2cccc(N(c3ccc(-c4cc(-c5ccccc5)cc5ccccc45)cc3)c3cccc4c5c(ccc34)NC(c3ccc4ccccc4c3)O5)c2)cc1. The molecule has 58 heavy (non-hydrogen) atoms. The number of ether oxygens (including phenoxy) is 1. The fourth-order valence-electron chi connectivity index (χ4n) is 8.58. The summed E-state index contributed by atoms with van der Waals surface area (Å²) in [5, 5.41) is 10.7. The van der Waals surface area contributed by atoms with Crippen LogP contribution in [0.25, 0.3) is 65.7 Å². The van der Waals surface area contributed by atoms with Crippen molar-refractivity contribution in [3.63, 3.8) is 0 Å². The Balaban J connectivity index is 1.03. The summed E-state index contributed by atoms with van der Waals surface area (Å²) in [7, 11) is 0. The summed E-state index contributed by atoms with van der Waals surface area (Å²) in [5.74, 6) is 0.871. The van der Waals surface area contributed by atoms with Crippen LogP contribution in [0.1, 0.15) is 11.8 Å². The number of nitrogens with one attached hydrogen (secondary N) is 1. The first-order chi connectivity index (χ1) is 28.7. The van der Waals surface area contributed by atoms with Crippen molar-refractivity contribution in [2.75, 3.05) is 10.2 Å². The van der Waals surface area contributed by atoms with E-state index < -0.39 is 0 Å². The second kappa shape index (κ2) is 14.1. The van der Waals surface area contributed by atoms with Crippen molar-refractivity contribution in [2.45, 2.75) is 6.23 Å². The molecule has 0 spiro atoms. The van der Waals surface area contributed by atoms with Crippen molar-refractivity contribution in [3.8, 4) is 39.1 Å². The second-order valence-electron chi connectivity index (χ2n) is 15.0. The first kappa shape index (κ1) is 33.7. The third-order valence-corrected chi connectivity index (χ3v) is 11.4. The van der Waals surface area contributed by atoms with Crippen molar-refractivity contribution in [1.82, 2.24) is 0 Å². The normalized spacial score (nSPS) is 13.3. The Bertz CT molecular complexity index is 3120. The van der Waals surface area contributed by atoms with Crippen LogP contribution < -0.4 is 15.0 Å². The van der Waals surface area contributed by atoms with Crippen LogP contribution in [0.2, 0.25) is 0 Å². The maximum atomic E-state index is 6.79. The van der Waals surface area contributed by atoms with E-state index in [1.165, 1.54) is 49.4 Å². The minimum absolute atomic E-state index is 0.281. The van der Waals surface area contributed by atoms with E-state index in [2.05, 4.69) is 229 Å². The van der Waals surface area contributed by atoms with E-state index in [1.54, 1.807) is 0 Å². The predicted octanol–water partition coefficient (Wildman–Crippen LogP) is 15.1. The summed E-state index contributed by atoms with van der Waals surface area (Å²) < 4.78 is 6.79. The van der Waals surface area contributed by atoms with Crippen molar-refractivity contribution in [1.29, 1.82) is 0 Å². The van der Waals surface area contributed by atoms with Gasteiger partial charge in [-0.05, 0) is 116 Å². The zero-order chi connectivity index (χ0) is 38.4. The molecule has 0 saturated heterocycles. The van der Waals surface area contributed by atoms with Crippen LogP contribution in [0.3, 0.4) is 0 Å². The Morgan fingerprint density at radius 2 is 1.05 bits per heavy atom. The van der Waals surface area contributed by atoms with E-state index in [1.807, 2.05) is 0 Å². The van der Waals surface area contributed by atoms with Crippen molar-refractivity contribution in [3.05, 3.63) is 224 Å². The van der Waals surface area contributed by atoms with Gasteiger partial charge in [-0.25, -0.2) is 0 Å². The Kier molecular flexibility index (Phi) is 8.22. The van der Waals surface area contributed by atoms with Crippen LogP contribution >= 0.6 is 0 Å². The Hall–Kier alpha value is -7.62. The predicted molar refractivity (Wildman–Crippen MR) is 243 cm³/mol. The minimum atomic E-state index is -0.281. The summed E-state index contributed by atoms with van der Waals surface area (Å²) in [6, 6.07) is 78.4. The van der Waals surface area contributed by atoms with Crippen molar-refractivity contribution in [2.24, 2.45) is 0 Å². The van der Waals surface area contributed by atoms with Gasteiger partial charge >= 0.3 is 0 Å². The molecule has 0 bridgehead atoms. The molecule has 0 radical (unpaired) electrons. The average molecular weight is 743 g/mol. The lowest BCUT2D eigenvalue weighted by atomic mass is 9.93. The molecule has 274 valence electrons. The van der Waals surface area contributed by atoms with Crippen LogP contribution in [0.4, 0.5) is 22.7 Å². The molecular weight excluding hydrogens is 705 g/mol. The molecule has 3 heteroatoms. The zero-order valence-electron chi connectivity index (χ0n) is 31.7. The molecule has 1 aliphatic rings. The van der Waals surface area contributed by atoms with Crippen molar-refractivity contribution < 1.29 is 4.74 Å². The number of fused-ring (bicyclic) bond motifs is 5. The van der Waals surface area contributed by atoms with E-state index in [0.29, 0.717) is 0 Å². The minimum Gasteiger partial charge on any atom is -0.464 e. The first-order valence-corrected chi connectivity index (χ1v) is 19.9. The molecule has 1 N–H and O–H groups in total. The zero-order valence-corrected chi connectivity index (χ0v) is 31.7. The van der Waals surface area contributed by atoms with Crippen LogP contribution in [0.5, 0.6) is 5.75 Å². The third kappa shape index (κ3) is 6.01. The van der Waals surface area contributed by atoms with Gasteiger partial charge in [0.15, 0.2) is 12.0 Å². The number of benzene rings is 10. The lowest BCUT2D eigenvalue weighted by molar-refractivity contribution is 0.263. The van der Waals surface area contributed by atoms with E-state index in [9.17, 15) is 0 Å². The molecule has 0 fully saturated rings. The number of nitrogens with zero attached hydrogens (tertiary/aromatic N) is 1. The maximum Gasteiger partial charge on any atom is 0.196 e. The Morgan fingerprint density at radius 3 is 1.86 bits per heavy atom. The van der Waals surface area contributed by atoms with Gasteiger partial charge in [-0.15, -0.1) is 0 Å². The van der Waals surface area contributed by atoms with Crippen LogP contribution in [0.15, 0.2) is 218 Å².